The number of benzene rings is 1. The number of aliphatic hydroxyl groups is 1. The van der Waals surface area contributed by atoms with Gasteiger partial charge in [-0.15, -0.1) is 0 Å². The maximum Gasteiger partial charge on any atom is 0.424 e. The molecule has 0 fully saturated rings. The normalized spacial score (nSPS) is 14.4. The van der Waals surface area contributed by atoms with Gasteiger partial charge in [-0.2, -0.15) is 13.2 Å². The summed E-state index contributed by atoms with van der Waals surface area (Å²) < 4.78 is 40.0. The zero-order chi connectivity index (χ0) is 15.0. The smallest absolute Gasteiger partial charge is 0.424 e. The van der Waals surface area contributed by atoms with Gasteiger partial charge >= 0.3 is 6.18 Å². The first kappa shape index (κ1) is 16.9. The van der Waals surface area contributed by atoms with Crippen molar-refractivity contribution in [3.63, 3.8) is 0 Å². The van der Waals surface area contributed by atoms with E-state index in [4.69, 9.17) is 27.9 Å². The van der Waals surface area contributed by atoms with Gasteiger partial charge in [0.2, 0.25) is 4.33 Å². The minimum atomic E-state index is -4.98. The topological polar surface area (TPSA) is 29.5 Å². The van der Waals surface area contributed by atoms with Crippen LogP contribution in [0, 0.1) is 6.92 Å². The van der Waals surface area contributed by atoms with Crippen LogP contribution < -0.4 is 4.74 Å². The first-order valence-corrected chi connectivity index (χ1v) is 6.54. The Morgan fingerprint density at radius 1 is 1.32 bits per heavy atom. The zero-order valence-corrected chi connectivity index (χ0v) is 13.0. The summed E-state index contributed by atoms with van der Waals surface area (Å²) >= 11 is 13.6. The van der Waals surface area contributed by atoms with E-state index in [0.29, 0.717) is 5.56 Å². The third-order valence-electron chi connectivity index (χ3n) is 2.45. The third kappa shape index (κ3) is 3.29. The molecule has 1 unspecified atom stereocenters. The number of hydrogen-bond acceptors (Lipinski definition) is 2. The number of alkyl halides is 5. The molecular formula is C11H10BrCl2F3O2. The molecule has 0 aliphatic heterocycles. The molecule has 0 bridgehead atoms. The fourth-order valence-corrected chi connectivity index (χ4v) is 2.30. The molecule has 19 heavy (non-hydrogen) atoms. The SMILES string of the molecule is COc1cc(C)cc(C(O)C(Cl)(Cl)C(F)(F)F)c1Br. The Labute approximate surface area is 126 Å². The molecule has 1 rings (SSSR count). The molecular weight excluding hydrogens is 372 g/mol. The zero-order valence-electron chi connectivity index (χ0n) is 9.86. The second-order valence-electron chi connectivity index (χ2n) is 3.89. The highest BCUT2D eigenvalue weighted by atomic mass is 79.9. The molecule has 1 aromatic carbocycles. The van der Waals surface area contributed by atoms with Crippen LogP contribution in [0.2, 0.25) is 0 Å². The van der Waals surface area contributed by atoms with Gasteiger partial charge in [0.1, 0.15) is 11.9 Å². The maximum atomic E-state index is 12.7. The number of hydrogen-bond donors (Lipinski definition) is 1. The Kier molecular flexibility index (Phi) is 5.04. The number of aryl methyl sites for hydroxylation is 1. The number of methoxy groups -OCH3 is 1. The van der Waals surface area contributed by atoms with Crippen LogP contribution in [0.5, 0.6) is 5.75 Å². The molecule has 8 heteroatoms. The summed E-state index contributed by atoms with van der Waals surface area (Å²) in [6, 6.07) is 2.94. The number of ether oxygens (including phenoxy) is 1. The summed E-state index contributed by atoms with van der Waals surface area (Å²) in [6.07, 6.45) is -7.13. The first-order valence-electron chi connectivity index (χ1n) is 4.99. The van der Waals surface area contributed by atoms with Crippen LogP contribution in [0.4, 0.5) is 13.2 Å². The molecule has 108 valence electrons. The summed E-state index contributed by atoms with van der Waals surface area (Å²) in [5, 5.41) is 9.84. The largest absolute Gasteiger partial charge is 0.496 e. The van der Waals surface area contributed by atoms with Gasteiger partial charge in [-0.25, -0.2) is 0 Å². The van der Waals surface area contributed by atoms with Crippen molar-refractivity contribution >= 4 is 39.1 Å². The molecule has 0 saturated heterocycles. The van der Waals surface area contributed by atoms with E-state index in [1.807, 2.05) is 0 Å². The van der Waals surface area contributed by atoms with Gasteiger partial charge in [0.05, 0.1) is 11.6 Å². The predicted molar refractivity (Wildman–Crippen MR) is 70.9 cm³/mol. The fraction of sp³-hybridized carbons (Fsp3) is 0.455. The predicted octanol–water partition coefficient (Wildman–Crippen LogP) is 4.54. The molecule has 1 N–H and O–H groups in total. The summed E-state index contributed by atoms with van der Waals surface area (Å²) in [7, 11) is 1.36. The van der Waals surface area contributed by atoms with Crippen LogP contribution in [-0.4, -0.2) is 22.7 Å². The summed E-state index contributed by atoms with van der Waals surface area (Å²) in [4.78, 5) is 0. The van der Waals surface area contributed by atoms with E-state index in [0.717, 1.165) is 0 Å². The van der Waals surface area contributed by atoms with Gasteiger partial charge in [-0.3, -0.25) is 0 Å². The molecule has 0 spiro atoms. The van der Waals surface area contributed by atoms with Gasteiger partial charge in [-0.05, 0) is 34.5 Å². The first-order chi connectivity index (χ1) is 8.52. The second kappa shape index (κ2) is 5.68. The van der Waals surface area contributed by atoms with E-state index in [1.165, 1.54) is 13.2 Å². The lowest BCUT2D eigenvalue weighted by atomic mass is 10.0. The van der Waals surface area contributed by atoms with Crippen LogP contribution in [-0.2, 0) is 0 Å². The Hall–Kier alpha value is -0.170. The van der Waals surface area contributed by atoms with E-state index >= 15 is 0 Å². The van der Waals surface area contributed by atoms with Gasteiger partial charge in [-0.1, -0.05) is 29.3 Å². The van der Waals surface area contributed by atoms with Crippen molar-refractivity contribution in [2.75, 3.05) is 7.11 Å². The van der Waals surface area contributed by atoms with Crippen LogP contribution in [0.25, 0.3) is 0 Å². The van der Waals surface area contributed by atoms with E-state index in [-0.39, 0.29) is 15.8 Å². The molecule has 0 heterocycles. The van der Waals surface area contributed by atoms with Gasteiger partial charge in [0.15, 0.2) is 0 Å². The molecule has 2 nitrogen and oxygen atoms in total. The molecule has 0 saturated carbocycles. The molecule has 0 amide bonds. The van der Waals surface area contributed by atoms with Crippen molar-refractivity contribution in [2.24, 2.45) is 0 Å². The van der Waals surface area contributed by atoms with Crippen molar-refractivity contribution < 1.29 is 23.0 Å². The van der Waals surface area contributed by atoms with Crippen LogP contribution in [0.15, 0.2) is 16.6 Å². The van der Waals surface area contributed by atoms with Crippen molar-refractivity contribution in [3.8, 4) is 5.75 Å². The van der Waals surface area contributed by atoms with Gasteiger partial charge in [0, 0.05) is 5.56 Å². The van der Waals surface area contributed by atoms with Crippen LogP contribution >= 0.6 is 39.1 Å². The molecule has 0 aliphatic rings. The molecule has 0 aliphatic carbocycles. The highest BCUT2D eigenvalue weighted by Gasteiger charge is 2.58. The lowest BCUT2D eigenvalue weighted by Crippen LogP contribution is -2.40. The van der Waals surface area contributed by atoms with Gasteiger partial charge in [0.25, 0.3) is 0 Å². The molecule has 0 radical (unpaired) electrons. The standard InChI is InChI=1S/C11H10BrCl2F3O2/c1-5-3-6(8(12)7(4-5)19-2)9(18)10(13,14)11(15,16)17/h3-4,9,18H,1-2H3. The van der Waals surface area contributed by atoms with Crippen LogP contribution in [0.3, 0.4) is 0 Å². The molecule has 1 atom stereocenters. The summed E-state index contributed by atoms with van der Waals surface area (Å²) in [5.41, 5.74) is 0.500. The fourth-order valence-electron chi connectivity index (χ4n) is 1.46. The quantitative estimate of drug-likeness (QED) is 0.779. The molecule has 0 aromatic heterocycles. The summed E-state index contributed by atoms with van der Waals surface area (Å²) in [6.45, 7) is 1.64. The monoisotopic (exact) mass is 380 g/mol. The average molecular weight is 382 g/mol. The minimum Gasteiger partial charge on any atom is -0.496 e. The van der Waals surface area contributed by atoms with E-state index in [9.17, 15) is 18.3 Å². The highest BCUT2D eigenvalue weighted by molar-refractivity contribution is 9.10. The lowest BCUT2D eigenvalue weighted by molar-refractivity contribution is -0.162. The van der Waals surface area contributed by atoms with Crippen molar-refractivity contribution in [1.29, 1.82) is 0 Å². The second-order valence-corrected chi connectivity index (χ2v) is 6.07. The van der Waals surface area contributed by atoms with Crippen LogP contribution in [0.1, 0.15) is 17.2 Å². The Morgan fingerprint density at radius 2 is 1.84 bits per heavy atom. The van der Waals surface area contributed by atoms with E-state index in [1.54, 1.807) is 13.0 Å². The summed E-state index contributed by atoms with van der Waals surface area (Å²) in [5.74, 6) is 0.278. The highest BCUT2D eigenvalue weighted by Crippen LogP contribution is 2.50. The van der Waals surface area contributed by atoms with E-state index < -0.39 is 16.6 Å². The third-order valence-corrected chi connectivity index (χ3v) is 4.14. The Morgan fingerprint density at radius 3 is 2.26 bits per heavy atom. The Bertz CT molecular complexity index is 478. The lowest BCUT2D eigenvalue weighted by Gasteiger charge is -2.29. The van der Waals surface area contributed by atoms with E-state index in [2.05, 4.69) is 15.9 Å². The average Bonchev–Trinajstić information content (AvgIpc) is 2.29. The molecule has 1 aromatic rings. The Balaban J connectivity index is 3.35. The van der Waals surface area contributed by atoms with Gasteiger partial charge < -0.3 is 9.84 Å². The minimum absolute atomic E-state index is 0.0980. The maximum absolute atomic E-state index is 12.7. The van der Waals surface area contributed by atoms with Crippen molar-refractivity contribution in [3.05, 3.63) is 27.7 Å². The van der Waals surface area contributed by atoms with Crippen molar-refractivity contribution in [1.82, 2.24) is 0 Å². The number of rotatable bonds is 3. The number of halogens is 6. The van der Waals surface area contributed by atoms with Crippen molar-refractivity contribution in [2.45, 2.75) is 23.5 Å². The number of aliphatic hydroxyl groups excluding tert-OH is 1.